The number of carboxylic acids is 1. The molecule has 47 heavy (non-hydrogen) atoms. The molecule has 3 saturated carbocycles. The lowest BCUT2D eigenvalue weighted by Crippen LogP contribution is -2.48. The number of benzene rings is 1. The van der Waals surface area contributed by atoms with Crippen LogP contribution < -0.4 is 10.1 Å². The minimum absolute atomic E-state index is 0.0827. The zero-order chi connectivity index (χ0) is 34.3. The number of allylic oxidation sites excluding steroid dienone is 2. The molecule has 0 aromatic heterocycles. The van der Waals surface area contributed by atoms with Crippen molar-refractivity contribution >= 4 is 22.3 Å². The highest BCUT2D eigenvalue weighted by molar-refractivity contribution is 7.80. The van der Waals surface area contributed by atoms with Gasteiger partial charge in [0.05, 0.1) is 13.2 Å². The molecule has 4 aliphatic carbocycles. The molecule has 10 heteroatoms. The van der Waals surface area contributed by atoms with Gasteiger partial charge < -0.3 is 15.2 Å². The Labute approximate surface area is 280 Å². The fourth-order valence-electron chi connectivity index (χ4n) is 10.1. The molecule has 5 rings (SSSR count). The highest BCUT2D eigenvalue weighted by Crippen LogP contribution is 2.66. The molecule has 0 heterocycles. The molecule has 9 nitrogen and oxygen atoms in total. The van der Waals surface area contributed by atoms with Crippen LogP contribution in [0.4, 0.5) is 0 Å². The maximum absolute atomic E-state index is 13.1. The number of ether oxygens (including phenoxy) is 1. The van der Waals surface area contributed by atoms with E-state index in [4.69, 9.17) is 8.92 Å². The highest BCUT2D eigenvalue weighted by Gasteiger charge is 2.56. The van der Waals surface area contributed by atoms with Crippen molar-refractivity contribution < 1.29 is 36.6 Å². The van der Waals surface area contributed by atoms with Gasteiger partial charge in [0.1, 0.15) is 5.75 Å². The zero-order valence-corrected chi connectivity index (χ0v) is 29.4. The van der Waals surface area contributed by atoms with Gasteiger partial charge in [-0.05, 0) is 129 Å². The molecule has 0 bridgehead atoms. The molecular weight excluding hydrogens is 618 g/mol. The normalized spacial score (nSPS) is 32.3. The van der Waals surface area contributed by atoms with Crippen molar-refractivity contribution in [2.24, 2.45) is 40.4 Å². The molecule has 1 unspecified atom stereocenters. The van der Waals surface area contributed by atoms with Crippen LogP contribution in [0, 0.1) is 40.4 Å². The van der Waals surface area contributed by atoms with Gasteiger partial charge in [-0.3, -0.25) is 9.35 Å². The van der Waals surface area contributed by atoms with E-state index in [-0.39, 0.29) is 16.7 Å². The SMILES string of the molecule is C=C(C(=O)N[C@H](C(=O)O)c1ccc(OC)cc1)C(C)CC[C@@H](C)[C@H]1CCC2=C3CC[C@H]4C[C@@H](OS(=O)(=O)O)CC[C@]4(C)[C@H]3CC[C@@]21C. The molecular formula is C37H53NO8S. The van der Waals surface area contributed by atoms with E-state index in [1.807, 2.05) is 6.92 Å². The van der Waals surface area contributed by atoms with Crippen molar-refractivity contribution in [1.29, 1.82) is 0 Å². The van der Waals surface area contributed by atoms with Crippen LogP contribution in [0.3, 0.4) is 0 Å². The molecule has 260 valence electrons. The fraction of sp³-hybridized carbons (Fsp3) is 0.676. The molecule has 9 atom stereocenters. The highest BCUT2D eigenvalue weighted by atomic mass is 32.3. The number of fused-ring (bicyclic) bond motifs is 4. The fourth-order valence-corrected chi connectivity index (χ4v) is 10.6. The predicted octanol–water partition coefficient (Wildman–Crippen LogP) is 7.46. The number of methoxy groups -OCH3 is 1. The van der Waals surface area contributed by atoms with Crippen LogP contribution in [0.5, 0.6) is 5.75 Å². The Morgan fingerprint density at radius 3 is 2.38 bits per heavy atom. The van der Waals surface area contributed by atoms with Gasteiger partial charge in [0.25, 0.3) is 0 Å². The number of nitrogens with one attached hydrogen (secondary N) is 1. The third-order valence-corrected chi connectivity index (χ3v) is 13.4. The Balaban J connectivity index is 1.19. The molecule has 0 radical (unpaired) electrons. The maximum Gasteiger partial charge on any atom is 0.397 e. The average molecular weight is 672 g/mol. The van der Waals surface area contributed by atoms with Gasteiger partial charge in [-0.25, -0.2) is 8.98 Å². The van der Waals surface area contributed by atoms with E-state index in [9.17, 15) is 27.7 Å². The zero-order valence-electron chi connectivity index (χ0n) is 28.6. The lowest BCUT2D eigenvalue weighted by molar-refractivity contribution is -0.141. The van der Waals surface area contributed by atoms with E-state index < -0.39 is 34.4 Å². The molecule has 0 aliphatic heterocycles. The third-order valence-electron chi connectivity index (χ3n) is 12.9. The average Bonchev–Trinajstić information content (AvgIpc) is 3.38. The van der Waals surface area contributed by atoms with E-state index >= 15 is 0 Å². The quantitative estimate of drug-likeness (QED) is 0.118. The Kier molecular flexibility index (Phi) is 10.4. The summed E-state index contributed by atoms with van der Waals surface area (Å²) in [6.07, 6.45) is 10.3. The first kappa shape index (κ1) is 35.6. The number of hydrogen-bond donors (Lipinski definition) is 3. The van der Waals surface area contributed by atoms with Gasteiger partial charge in [0.2, 0.25) is 5.91 Å². The lowest BCUT2D eigenvalue weighted by Gasteiger charge is -2.57. The van der Waals surface area contributed by atoms with E-state index in [2.05, 4.69) is 32.7 Å². The summed E-state index contributed by atoms with van der Waals surface area (Å²) in [6, 6.07) is 5.47. The van der Waals surface area contributed by atoms with Crippen molar-refractivity contribution in [3.05, 3.63) is 53.1 Å². The molecule has 4 aliphatic rings. The van der Waals surface area contributed by atoms with Crippen molar-refractivity contribution in [2.75, 3.05) is 7.11 Å². The van der Waals surface area contributed by atoms with Crippen LogP contribution in [-0.2, 0) is 24.2 Å². The van der Waals surface area contributed by atoms with Crippen molar-refractivity contribution in [1.82, 2.24) is 5.32 Å². The molecule has 1 amide bonds. The van der Waals surface area contributed by atoms with Crippen LogP contribution in [0.1, 0.15) is 110 Å². The number of aliphatic carboxylic acids is 1. The summed E-state index contributed by atoms with van der Waals surface area (Å²) < 4.78 is 42.2. The van der Waals surface area contributed by atoms with Gasteiger partial charge >= 0.3 is 16.4 Å². The van der Waals surface area contributed by atoms with Crippen molar-refractivity contribution in [3.63, 3.8) is 0 Å². The topological polar surface area (TPSA) is 139 Å². The van der Waals surface area contributed by atoms with Crippen LogP contribution in [0.15, 0.2) is 47.6 Å². The lowest BCUT2D eigenvalue weighted by atomic mass is 9.49. The van der Waals surface area contributed by atoms with Crippen molar-refractivity contribution in [3.8, 4) is 5.75 Å². The van der Waals surface area contributed by atoms with E-state index in [1.165, 1.54) is 6.42 Å². The first-order chi connectivity index (χ1) is 22.1. The summed E-state index contributed by atoms with van der Waals surface area (Å²) in [7, 11) is -2.90. The summed E-state index contributed by atoms with van der Waals surface area (Å²) >= 11 is 0. The van der Waals surface area contributed by atoms with Gasteiger partial charge in [-0.15, -0.1) is 0 Å². The number of rotatable bonds is 12. The second kappa shape index (κ2) is 13.7. The molecule has 0 spiro atoms. The largest absolute Gasteiger partial charge is 0.497 e. The molecule has 1 aromatic rings. The minimum Gasteiger partial charge on any atom is -0.497 e. The first-order valence-corrected chi connectivity index (χ1v) is 18.7. The molecule has 3 N–H and O–H groups in total. The Hall–Kier alpha value is -2.69. The number of amides is 1. The summed E-state index contributed by atoms with van der Waals surface area (Å²) in [5, 5.41) is 12.5. The second-order valence-corrected chi connectivity index (χ2v) is 16.4. The smallest absolute Gasteiger partial charge is 0.397 e. The van der Waals surface area contributed by atoms with Crippen LogP contribution >= 0.6 is 0 Å². The first-order valence-electron chi connectivity index (χ1n) is 17.3. The second-order valence-electron chi connectivity index (χ2n) is 15.3. The molecule has 0 saturated heterocycles. The van der Waals surface area contributed by atoms with Gasteiger partial charge in [0.15, 0.2) is 6.04 Å². The minimum atomic E-state index is -4.44. The Bertz CT molecular complexity index is 1500. The number of hydrogen-bond acceptors (Lipinski definition) is 6. The van der Waals surface area contributed by atoms with Gasteiger partial charge in [-0.2, -0.15) is 8.42 Å². The summed E-state index contributed by atoms with van der Waals surface area (Å²) in [5.41, 5.74) is 4.52. The summed E-state index contributed by atoms with van der Waals surface area (Å²) in [5.74, 6) is 0.920. The third kappa shape index (κ3) is 7.20. The van der Waals surface area contributed by atoms with Crippen LogP contribution in [0.25, 0.3) is 0 Å². The monoisotopic (exact) mass is 671 g/mol. The standard InChI is InChI=1S/C37H53NO8S/c1-22(24(3)34(39)38-33(35(40)41)25-9-12-27(45-6)13-10-25)7-8-23(2)30-15-16-31-29-14-11-26-21-28(46-47(42,43)44)17-19-36(26,4)32(29)18-20-37(30,31)5/h9-10,12-13,22-23,26,28,30,32-33H,3,7-8,11,14-21H2,1-2,4-6H3,(H,38,39)(H,40,41)(H,42,43,44)/t22?,23-,26+,28+,30-,32+,33+,36+,37-/m1/s1. The van der Waals surface area contributed by atoms with Crippen LogP contribution in [-0.4, -0.2) is 43.2 Å². The number of carbonyl (C=O) groups is 2. The van der Waals surface area contributed by atoms with E-state index in [0.717, 1.165) is 51.4 Å². The van der Waals surface area contributed by atoms with Crippen LogP contribution in [0.2, 0.25) is 0 Å². The summed E-state index contributed by atoms with van der Waals surface area (Å²) in [6.45, 7) is 13.3. The van der Waals surface area contributed by atoms with E-state index in [1.54, 1.807) is 42.5 Å². The predicted molar refractivity (Wildman–Crippen MR) is 180 cm³/mol. The Morgan fingerprint density at radius 1 is 1.04 bits per heavy atom. The Morgan fingerprint density at radius 2 is 1.74 bits per heavy atom. The molecule has 3 fully saturated rings. The number of carbonyl (C=O) groups excluding carboxylic acids is 1. The number of carboxylic acid groups (broad SMARTS) is 1. The van der Waals surface area contributed by atoms with E-state index in [0.29, 0.717) is 53.4 Å². The van der Waals surface area contributed by atoms with Gasteiger partial charge in [0, 0.05) is 5.57 Å². The molecule has 1 aromatic carbocycles. The van der Waals surface area contributed by atoms with Crippen molar-refractivity contribution in [2.45, 2.75) is 110 Å². The van der Waals surface area contributed by atoms with Gasteiger partial charge in [-0.1, -0.05) is 57.6 Å². The summed E-state index contributed by atoms with van der Waals surface area (Å²) in [4.78, 5) is 25.1. The maximum atomic E-state index is 13.1.